The van der Waals surface area contributed by atoms with Crippen molar-refractivity contribution < 1.29 is 27.8 Å². The summed E-state index contributed by atoms with van der Waals surface area (Å²) < 4.78 is 46.0. The number of ether oxygens (including phenoxy) is 1. The van der Waals surface area contributed by atoms with E-state index in [1.807, 2.05) is 18.0 Å². The van der Waals surface area contributed by atoms with Gasteiger partial charge in [0.25, 0.3) is 0 Å². The number of carboxylic acid groups (broad SMARTS) is 1. The standard InChI is InChI=1S/C27H26F3N3O3/c1-16(18-5-9-20(10-6-18)26(34)35)32-25-23-24(22(14-31-25)19-7-8-19)36-12-11-33(23)15-17-3-2-4-21(13-17)27(28,29)30/h2-6,9-10,13-14,16,19H,7-8,11-12,15H2,1H3,(H,31,32)(H,34,35)/t16-/m0/s1. The van der Waals surface area contributed by atoms with E-state index in [2.05, 4.69) is 5.32 Å². The minimum Gasteiger partial charge on any atom is -0.489 e. The Kier molecular flexibility index (Phi) is 6.24. The number of fused-ring (bicyclic) bond motifs is 1. The monoisotopic (exact) mass is 497 g/mol. The van der Waals surface area contributed by atoms with Gasteiger partial charge in [-0.1, -0.05) is 24.3 Å². The first-order valence-electron chi connectivity index (χ1n) is 11.9. The second-order valence-electron chi connectivity index (χ2n) is 9.28. The fraction of sp³-hybridized carbons (Fsp3) is 0.333. The van der Waals surface area contributed by atoms with Gasteiger partial charge in [0.15, 0.2) is 11.6 Å². The van der Waals surface area contributed by atoms with E-state index in [-0.39, 0.29) is 18.2 Å². The van der Waals surface area contributed by atoms with Gasteiger partial charge in [-0.2, -0.15) is 13.2 Å². The average Bonchev–Trinajstić information content (AvgIpc) is 3.69. The quantitative estimate of drug-likeness (QED) is 0.402. The van der Waals surface area contributed by atoms with Crippen molar-refractivity contribution in [2.75, 3.05) is 23.4 Å². The first kappa shape index (κ1) is 24.0. The topological polar surface area (TPSA) is 74.7 Å². The number of carbonyl (C=O) groups is 1. The highest BCUT2D eigenvalue weighted by atomic mass is 19.4. The number of nitrogens with zero attached hydrogens (tertiary/aromatic N) is 2. The van der Waals surface area contributed by atoms with Crippen LogP contribution in [-0.2, 0) is 12.7 Å². The summed E-state index contributed by atoms with van der Waals surface area (Å²) >= 11 is 0. The van der Waals surface area contributed by atoms with Gasteiger partial charge in [-0.05, 0) is 61.1 Å². The van der Waals surface area contributed by atoms with Gasteiger partial charge < -0.3 is 20.1 Å². The molecule has 6 nitrogen and oxygen atoms in total. The van der Waals surface area contributed by atoms with Crippen molar-refractivity contribution in [2.24, 2.45) is 0 Å². The Balaban J connectivity index is 1.47. The van der Waals surface area contributed by atoms with Crippen LogP contribution in [0.1, 0.15) is 64.3 Å². The Hall–Kier alpha value is -3.75. The molecule has 2 heterocycles. The molecule has 5 rings (SSSR count). The number of rotatable bonds is 7. The lowest BCUT2D eigenvalue weighted by molar-refractivity contribution is -0.137. The molecule has 1 atom stereocenters. The highest BCUT2D eigenvalue weighted by Crippen LogP contribution is 2.50. The molecule has 1 aliphatic carbocycles. The average molecular weight is 498 g/mol. The van der Waals surface area contributed by atoms with Crippen LogP contribution in [0.2, 0.25) is 0 Å². The summed E-state index contributed by atoms with van der Waals surface area (Å²) in [5.41, 5.74) is 2.74. The normalized spacial score (nSPS) is 16.2. The maximum absolute atomic E-state index is 13.3. The molecule has 2 aliphatic rings. The number of anilines is 2. The smallest absolute Gasteiger partial charge is 0.416 e. The van der Waals surface area contributed by atoms with Crippen LogP contribution in [0, 0.1) is 0 Å². The van der Waals surface area contributed by atoms with E-state index in [0.717, 1.165) is 41.5 Å². The van der Waals surface area contributed by atoms with E-state index in [4.69, 9.17) is 14.8 Å². The molecule has 188 valence electrons. The molecular weight excluding hydrogens is 471 g/mol. The van der Waals surface area contributed by atoms with Gasteiger partial charge in [0.1, 0.15) is 12.3 Å². The van der Waals surface area contributed by atoms with Crippen LogP contribution in [0.3, 0.4) is 0 Å². The Bertz CT molecular complexity index is 1270. The number of halogens is 3. The number of alkyl halides is 3. The molecule has 2 aromatic carbocycles. The van der Waals surface area contributed by atoms with Crippen molar-refractivity contribution in [1.29, 1.82) is 0 Å². The fourth-order valence-corrected chi connectivity index (χ4v) is 4.53. The molecule has 9 heteroatoms. The molecule has 1 fully saturated rings. The number of benzene rings is 2. The molecule has 0 amide bonds. The van der Waals surface area contributed by atoms with Crippen LogP contribution in [0.15, 0.2) is 54.7 Å². The zero-order valence-electron chi connectivity index (χ0n) is 19.7. The zero-order chi connectivity index (χ0) is 25.4. The van der Waals surface area contributed by atoms with Crippen molar-refractivity contribution in [1.82, 2.24) is 4.98 Å². The molecule has 0 spiro atoms. The van der Waals surface area contributed by atoms with Crippen LogP contribution < -0.4 is 15.0 Å². The van der Waals surface area contributed by atoms with Gasteiger partial charge in [-0.3, -0.25) is 0 Å². The molecule has 36 heavy (non-hydrogen) atoms. The number of carboxylic acids is 1. The summed E-state index contributed by atoms with van der Waals surface area (Å²) in [4.78, 5) is 17.9. The lowest BCUT2D eigenvalue weighted by Gasteiger charge is -2.34. The summed E-state index contributed by atoms with van der Waals surface area (Å²) in [6.45, 7) is 3.17. The maximum Gasteiger partial charge on any atom is 0.416 e. The lowest BCUT2D eigenvalue weighted by Crippen LogP contribution is -2.34. The predicted molar refractivity (Wildman–Crippen MR) is 130 cm³/mol. The number of aromatic nitrogens is 1. The molecule has 1 aromatic heterocycles. The molecule has 0 saturated heterocycles. The van der Waals surface area contributed by atoms with Gasteiger partial charge >= 0.3 is 12.1 Å². The van der Waals surface area contributed by atoms with Crippen molar-refractivity contribution in [3.05, 3.63) is 82.5 Å². The second-order valence-corrected chi connectivity index (χ2v) is 9.28. The summed E-state index contributed by atoms with van der Waals surface area (Å²) in [6.07, 6.45) is -0.459. The number of hydrogen-bond acceptors (Lipinski definition) is 5. The van der Waals surface area contributed by atoms with Crippen molar-refractivity contribution >= 4 is 17.5 Å². The van der Waals surface area contributed by atoms with Crippen LogP contribution in [0.4, 0.5) is 24.7 Å². The number of hydrogen-bond donors (Lipinski definition) is 2. The van der Waals surface area contributed by atoms with Gasteiger partial charge in [-0.25, -0.2) is 9.78 Å². The highest BCUT2D eigenvalue weighted by molar-refractivity contribution is 5.87. The third kappa shape index (κ3) is 4.96. The molecule has 1 saturated carbocycles. The highest BCUT2D eigenvalue weighted by Gasteiger charge is 2.34. The third-order valence-corrected chi connectivity index (χ3v) is 6.61. The summed E-state index contributed by atoms with van der Waals surface area (Å²) in [5, 5.41) is 12.6. The van der Waals surface area contributed by atoms with E-state index in [0.29, 0.717) is 30.5 Å². The minimum absolute atomic E-state index is 0.200. The molecule has 0 bridgehead atoms. The van der Waals surface area contributed by atoms with E-state index >= 15 is 0 Å². The Morgan fingerprint density at radius 2 is 1.97 bits per heavy atom. The second kappa shape index (κ2) is 9.37. The van der Waals surface area contributed by atoms with Crippen molar-refractivity contribution in [2.45, 2.75) is 44.4 Å². The van der Waals surface area contributed by atoms with Gasteiger partial charge in [0.05, 0.1) is 23.7 Å². The van der Waals surface area contributed by atoms with E-state index in [9.17, 15) is 18.0 Å². The Labute approximate surface area is 206 Å². The van der Waals surface area contributed by atoms with Crippen molar-refractivity contribution in [3.8, 4) is 5.75 Å². The molecule has 0 radical (unpaired) electrons. The summed E-state index contributed by atoms with van der Waals surface area (Å²) in [5.74, 6) is 0.711. The van der Waals surface area contributed by atoms with Crippen LogP contribution in [-0.4, -0.2) is 29.2 Å². The Morgan fingerprint density at radius 3 is 2.64 bits per heavy atom. The van der Waals surface area contributed by atoms with E-state index < -0.39 is 17.7 Å². The van der Waals surface area contributed by atoms with Crippen LogP contribution in [0.5, 0.6) is 5.75 Å². The molecule has 3 aromatic rings. The van der Waals surface area contributed by atoms with Crippen LogP contribution in [0.25, 0.3) is 0 Å². The first-order valence-corrected chi connectivity index (χ1v) is 11.9. The van der Waals surface area contributed by atoms with Gasteiger partial charge in [-0.15, -0.1) is 0 Å². The molecule has 2 N–H and O–H groups in total. The van der Waals surface area contributed by atoms with Gasteiger partial charge in [0, 0.05) is 18.3 Å². The zero-order valence-corrected chi connectivity index (χ0v) is 19.7. The first-order chi connectivity index (χ1) is 17.2. The minimum atomic E-state index is -4.40. The maximum atomic E-state index is 13.3. The number of pyridine rings is 1. The van der Waals surface area contributed by atoms with E-state index in [1.165, 1.54) is 12.1 Å². The summed E-state index contributed by atoms with van der Waals surface area (Å²) in [7, 11) is 0. The molecule has 1 aliphatic heterocycles. The largest absolute Gasteiger partial charge is 0.489 e. The third-order valence-electron chi connectivity index (χ3n) is 6.61. The predicted octanol–water partition coefficient (Wildman–Crippen LogP) is 6.25. The summed E-state index contributed by atoms with van der Waals surface area (Å²) in [6, 6.07) is 11.8. The van der Waals surface area contributed by atoms with E-state index in [1.54, 1.807) is 30.3 Å². The SMILES string of the molecule is C[C@H](Nc1ncc(C2CC2)c2c1N(Cc1cccc(C(F)(F)F)c1)CCO2)c1ccc(C(=O)O)cc1. The molecular formula is C27H26F3N3O3. The lowest BCUT2D eigenvalue weighted by atomic mass is 10.0. The fourth-order valence-electron chi connectivity index (χ4n) is 4.53. The Morgan fingerprint density at radius 1 is 1.22 bits per heavy atom. The van der Waals surface area contributed by atoms with Gasteiger partial charge in [0.2, 0.25) is 0 Å². The molecule has 0 unspecified atom stereocenters. The number of nitrogens with one attached hydrogen (secondary N) is 1. The number of aromatic carboxylic acids is 1. The van der Waals surface area contributed by atoms with Crippen molar-refractivity contribution in [3.63, 3.8) is 0 Å². The van der Waals surface area contributed by atoms with Crippen LogP contribution >= 0.6 is 0 Å².